The number of hydrogen-bond acceptors (Lipinski definition) is 8. The molecule has 0 saturated carbocycles. The minimum atomic E-state index is -3.01. The molecular weight excluding hydrogens is 1340 g/mol. The van der Waals surface area contributed by atoms with Crippen LogP contribution in [0.1, 0.15) is 182 Å². The second-order valence-electron chi connectivity index (χ2n) is 32.4. The van der Waals surface area contributed by atoms with Crippen LogP contribution < -0.4 is 18.3 Å². The predicted molar refractivity (Wildman–Crippen MR) is 446 cm³/mol. The van der Waals surface area contributed by atoms with Crippen LogP contribution in [0.25, 0.3) is 133 Å². The molecule has 0 saturated heterocycles. The van der Waals surface area contributed by atoms with E-state index in [-0.39, 0.29) is 33.1 Å². The van der Waals surface area contributed by atoms with Crippen molar-refractivity contribution in [2.24, 2.45) is 43.8 Å². The van der Waals surface area contributed by atoms with Gasteiger partial charge in [0.25, 0.3) is 0 Å². The Morgan fingerprint density at radius 1 is 0.385 bits per heavy atom. The van der Waals surface area contributed by atoms with Gasteiger partial charge in [0.2, 0.25) is 45.6 Å². The largest absolute Gasteiger partial charge is 0.437 e. The fourth-order valence-corrected chi connectivity index (χ4v) is 15.2. The molecule has 12 heteroatoms. The van der Waals surface area contributed by atoms with E-state index in [1.165, 1.54) is 46.4 Å². The molecule has 0 N–H and O–H groups in total. The second kappa shape index (κ2) is 29.0. The van der Waals surface area contributed by atoms with Crippen LogP contribution in [0.5, 0.6) is 0 Å². The van der Waals surface area contributed by atoms with Crippen molar-refractivity contribution in [3.8, 4) is 45.0 Å². The summed E-state index contributed by atoms with van der Waals surface area (Å²) in [7, 11) is 5.31. The molecule has 109 heavy (non-hydrogen) atoms. The molecule has 1 atom stereocenters. The molecule has 0 bridgehead atoms. The molecule has 1 unspecified atom stereocenters. The lowest BCUT2D eigenvalue weighted by Crippen LogP contribution is -2.33. The highest BCUT2D eigenvalue weighted by atomic mass is 16.4. The van der Waals surface area contributed by atoms with Crippen molar-refractivity contribution in [1.29, 1.82) is 0 Å². The van der Waals surface area contributed by atoms with Crippen LogP contribution in [0.2, 0.25) is 0 Å². The summed E-state index contributed by atoms with van der Waals surface area (Å²) in [5, 5.41) is 7.67. The van der Waals surface area contributed by atoms with Crippen molar-refractivity contribution in [2.75, 3.05) is 0 Å². The molecular formula is C97H108N8O4+4. The Kier molecular flexibility index (Phi) is 15.0. The van der Waals surface area contributed by atoms with Gasteiger partial charge in [0.1, 0.15) is 21.1 Å². The number of aryl methyl sites for hydroxylation is 14. The van der Waals surface area contributed by atoms with E-state index in [4.69, 9.17) is 41.0 Å². The molecule has 1 aliphatic rings. The average molecular weight is 1470 g/mol. The first kappa shape index (κ1) is 56.5. The third-order valence-corrected chi connectivity index (χ3v) is 20.3. The highest BCUT2D eigenvalue weighted by molar-refractivity contribution is 6.12. The molecule has 1 aliphatic heterocycles. The molecule has 556 valence electrons. The number of benzene rings is 4. The summed E-state index contributed by atoms with van der Waals surface area (Å²) in [5.74, 6) is -3.03. The fourth-order valence-electron chi connectivity index (χ4n) is 15.2. The lowest BCUT2D eigenvalue weighted by Gasteiger charge is -2.19. The van der Waals surface area contributed by atoms with E-state index in [2.05, 4.69) is 129 Å². The highest BCUT2D eigenvalue weighted by Gasteiger charge is 2.34. The van der Waals surface area contributed by atoms with Gasteiger partial charge < -0.3 is 17.7 Å². The molecule has 12 nitrogen and oxygen atoms in total. The first-order chi connectivity index (χ1) is 58.3. The standard InChI is InChI=1S/C25H29N2O.C24H25N2O.2C24H27N2O/c1-15-8-10-19-20-11-9-17(3)26-24(20)28-23(19)22(15)21-12-18(13-25(4,5)6)16(2)14-27(21)7;1-14-12-26-13-16-7-9-18-19-8-6-15(2)25-23(19)27-22(18)21(16)20(26)10-17(14)11-24(3,4)5;2*1-14(2)11-18-12-21(26(6)13-16(18)4)22-15(3)7-9-19-20-10-8-17(5)25-24(20)27-23(19)22/h8-12,14H,13H2,1-7H3;6-10,12H,11,13H2,1-5H3;2*7-10,12-14H,11H2,1-6H3/q4*+1/i2D3;;1D3,4D3,11D2,14D;4D3,11D2. The molecule has 17 rings (SSSR count). The topological polar surface area (TPSA) is 120 Å². The maximum Gasteiger partial charge on any atom is 0.227 e. The van der Waals surface area contributed by atoms with Crippen LogP contribution in [0.3, 0.4) is 0 Å². The van der Waals surface area contributed by atoms with Gasteiger partial charge in [0.15, 0.2) is 53.7 Å². The summed E-state index contributed by atoms with van der Waals surface area (Å²) >= 11 is 0. The summed E-state index contributed by atoms with van der Waals surface area (Å²) in [6.45, 7) is 24.1. The number of fused-ring (bicyclic) bond motifs is 16. The predicted octanol–water partition coefficient (Wildman–Crippen LogP) is 22.7. The monoisotopic (exact) mass is 1470 g/mol. The molecule has 0 spiro atoms. The zero-order chi connectivity index (χ0) is 92.2. The molecule has 13 heterocycles. The lowest BCUT2D eigenvalue weighted by molar-refractivity contribution is -0.672. The zero-order valence-corrected chi connectivity index (χ0v) is 66.3. The van der Waals surface area contributed by atoms with E-state index in [1.807, 2.05) is 120 Å². The molecule has 0 radical (unpaired) electrons. The number of pyridine rings is 8. The van der Waals surface area contributed by atoms with E-state index in [0.717, 1.165) is 142 Å². The van der Waals surface area contributed by atoms with E-state index in [1.54, 1.807) is 49.3 Å². The Morgan fingerprint density at radius 3 is 1.06 bits per heavy atom. The highest BCUT2D eigenvalue weighted by Crippen LogP contribution is 2.43. The Hall–Kier alpha value is -10.7. The molecule has 4 aromatic carbocycles. The second-order valence-corrected chi connectivity index (χ2v) is 32.4. The van der Waals surface area contributed by atoms with Gasteiger partial charge in [0.05, 0.1) is 22.3 Å². The molecule has 0 fully saturated rings. The summed E-state index contributed by atoms with van der Waals surface area (Å²) in [6, 6.07) is 39.7. The quantitative estimate of drug-likeness (QED) is 0.131. The van der Waals surface area contributed by atoms with E-state index in [9.17, 15) is 0 Å². The third kappa shape index (κ3) is 14.9. The van der Waals surface area contributed by atoms with Crippen LogP contribution in [-0.4, -0.2) is 19.9 Å². The summed E-state index contributed by atoms with van der Waals surface area (Å²) in [4.78, 5) is 18.2. The third-order valence-electron chi connectivity index (χ3n) is 20.3. The summed E-state index contributed by atoms with van der Waals surface area (Å²) in [6.07, 6.45) is 3.96. The minimum Gasteiger partial charge on any atom is -0.437 e. The van der Waals surface area contributed by atoms with Crippen LogP contribution in [0.4, 0.5) is 0 Å². The number of rotatable bonds is 9. The molecule has 12 aromatic heterocycles. The van der Waals surface area contributed by atoms with E-state index in [0.29, 0.717) is 57.2 Å². The lowest BCUT2D eigenvalue weighted by atomic mass is 9.86. The SMILES string of the molecule is Cc1ccc2c(n1)oc1c3c(ccc12)C[n+]1cc(C)c(CC(C)(C)C)cc1-3.[2H]C([2H])([2H])c1c[n+](C)c(-c2c(C)ccc3c2oc2nc(C)ccc23)cc1C([2H])([2H])C(C)C.[2H]C([2H])([2H])c1c[n+](C)c(-c2c(C)ccc3c2oc2nc(C)ccc23)cc1C([2H])([2H])C([2H])(C)C([2H])([2H])[2H].[2H]C([2H])([2H])c1c[n+](C)c(-c2c(C)ccc3c2oc2nc(C)ccc23)cc1CC(C)(C)C. The number of nitrogens with zero attached hydrogens (tertiary/aromatic N) is 8. The van der Waals surface area contributed by atoms with Gasteiger partial charge in [-0.3, -0.25) is 0 Å². The number of hydrogen-bond donors (Lipinski definition) is 0. The van der Waals surface area contributed by atoms with Crippen molar-refractivity contribution in [3.63, 3.8) is 0 Å². The van der Waals surface area contributed by atoms with Crippen LogP contribution >= 0.6 is 0 Å². The number of furan rings is 4. The van der Waals surface area contributed by atoms with Gasteiger partial charge in [-0.15, -0.1) is 0 Å². The van der Waals surface area contributed by atoms with Crippen LogP contribution in [0, 0.1) is 98.6 Å². The van der Waals surface area contributed by atoms with Crippen LogP contribution in [-0.2, 0) is 53.3 Å². The van der Waals surface area contributed by atoms with Crippen molar-refractivity contribution < 1.29 is 59.2 Å². The Labute approximate surface area is 666 Å². The fraction of sp³-hybridized carbons (Fsp3) is 0.340. The van der Waals surface area contributed by atoms with Gasteiger partial charge in [-0.05, 0) is 218 Å². The average Bonchev–Trinajstić information content (AvgIpc) is 1.34. The molecule has 0 aliphatic carbocycles. The van der Waals surface area contributed by atoms with Gasteiger partial charge in [-0.1, -0.05) is 112 Å². The summed E-state index contributed by atoms with van der Waals surface area (Å²) < 4.78 is 171. The van der Waals surface area contributed by atoms with E-state index < -0.39 is 52.0 Å². The first-order valence-electron chi connectivity index (χ1n) is 45.7. The molecule has 16 aromatic rings. The maximum absolute atomic E-state index is 8.73. The zero-order valence-electron chi connectivity index (χ0n) is 83.3. The summed E-state index contributed by atoms with van der Waals surface area (Å²) in [5.41, 5.74) is 23.6. The van der Waals surface area contributed by atoms with E-state index >= 15 is 0 Å². The first-order valence-corrected chi connectivity index (χ1v) is 37.2. The smallest absolute Gasteiger partial charge is 0.227 e. The van der Waals surface area contributed by atoms with Gasteiger partial charge in [0, 0.05) is 141 Å². The van der Waals surface area contributed by atoms with Gasteiger partial charge in [-0.25, -0.2) is 33.6 Å². The van der Waals surface area contributed by atoms with Gasteiger partial charge in [-0.2, -0.15) is 4.57 Å². The number of aromatic nitrogens is 8. The minimum absolute atomic E-state index is 0.0224. The van der Waals surface area contributed by atoms with Crippen molar-refractivity contribution in [2.45, 2.75) is 177 Å². The van der Waals surface area contributed by atoms with Gasteiger partial charge >= 0.3 is 0 Å². The van der Waals surface area contributed by atoms with Crippen molar-refractivity contribution in [3.05, 3.63) is 236 Å². The van der Waals surface area contributed by atoms with Crippen molar-refractivity contribution >= 4 is 88.3 Å². The van der Waals surface area contributed by atoms with Crippen LogP contribution in [0.15, 0.2) is 164 Å². The maximum atomic E-state index is 8.73. The Morgan fingerprint density at radius 2 is 0.706 bits per heavy atom. The Bertz CT molecular complexity index is 7070. The Balaban J connectivity index is 0.000000137. The normalized spacial score (nSPS) is 15.9. The molecule has 0 amide bonds. The van der Waals surface area contributed by atoms with Crippen molar-refractivity contribution in [1.82, 2.24) is 19.9 Å².